The molecule has 0 bridgehead atoms. The number of aliphatic hydroxyl groups is 1. The Morgan fingerprint density at radius 3 is 3.07 bits per heavy atom. The molecule has 5 heteroatoms. The van der Waals surface area contributed by atoms with Crippen molar-refractivity contribution in [3.05, 3.63) is 17.5 Å². The van der Waals surface area contributed by atoms with Crippen molar-refractivity contribution in [3.63, 3.8) is 0 Å². The van der Waals surface area contributed by atoms with Gasteiger partial charge in [0.2, 0.25) is 0 Å². The number of halogens is 1. The Kier molecular flexibility index (Phi) is 3.38. The summed E-state index contributed by atoms with van der Waals surface area (Å²) < 4.78 is 0. The van der Waals surface area contributed by atoms with E-state index in [2.05, 4.69) is 14.9 Å². The summed E-state index contributed by atoms with van der Waals surface area (Å²) in [4.78, 5) is 10.3. The monoisotopic (exact) mass is 227 g/mol. The quantitative estimate of drug-likeness (QED) is 0.832. The third-order valence-electron chi connectivity index (χ3n) is 2.72. The Morgan fingerprint density at radius 1 is 1.47 bits per heavy atom. The summed E-state index contributed by atoms with van der Waals surface area (Å²) in [5, 5.41) is 9.67. The molecule has 2 rings (SSSR count). The van der Waals surface area contributed by atoms with Gasteiger partial charge in [-0.05, 0) is 19.3 Å². The van der Waals surface area contributed by atoms with Gasteiger partial charge < -0.3 is 10.0 Å². The molecule has 0 radical (unpaired) electrons. The first-order valence-electron chi connectivity index (χ1n) is 5.16. The average molecular weight is 228 g/mol. The van der Waals surface area contributed by atoms with Crippen LogP contribution in [0, 0.1) is 0 Å². The molecule has 0 aromatic carbocycles. The second-order valence-electron chi connectivity index (χ2n) is 3.73. The number of hydrogen-bond donors (Lipinski definition) is 1. The summed E-state index contributed by atoms with van der Waals surface area (Å²) in [6, 6.07) is 0.159. The van der Waals surface area contributed by atoms with Gasteiger partial charge in [0.05, 0.1) is 25.0 Å². The minimum atomic E-state index is 0.159. The smallest absolute Gasteiger partial charge is 0.149 e. The van der Waals surface area contributed by atoms with E-state index in [4.69, 9.17) is 11.6 Å². The highest BCUT2D eigenvalue weighted by molar-refractivity contribution is 6.29. The lowest BCUT2D eigenvalue weighted by molar-refractivity contribution is 0.239. The summed E-state index contributed by atoms with van der Waals surface area (Å²) in [6.45, 7) is 1.08. The fraction of sp³-hybridized carbons (Fsp3) is 0.600. The molecule has 1 atom stereocenters. The van der Waals surface area contributed by atoms with Crippen molar-refractivity contribution in [2.75, 3.05) is 18.1 Å². The van der Waals surface area contributed by atoms with E-state index in [0.29, 0.717) is 5.15 Å². The summed E-state index contributed by atoms with van der Waals surface area (Å²) in [6.07, 6.45) is 6.51. The predicted molar refractivity (Wildman–Crippen MR) is 59.1 cm³/mol. The summed E-state index contributed by atoms with van der Waals surface area (Å²) in [5.74, 6) is 0.765. The number of aromatic nitrogens is 2. The first-order valence-corrected chi connectivity index (χ1v) is 5.54. The fourth-order valence-electron chi connectivity index (χ4n) is 1.96. The van der Waals surface area contributed by atoms with Crippen LogP contribution >= 0.6 is 11.6 Å². The van der Waals surface area contributed by atoms with E-state index in [-0.39, 0.29) is 12.6 Å². The Morgan fingerprint density at radius 2 is 2.33 bits per heavy atom. The Bertz CT molecular complexity index is 334. The van der Waals surface area contributed by atoms with Crippen LogP contribution in [0.3, 0.4) is 0 Å². The van der Waals surface area contributed by atoms with Gasteiger partial charge in [-0.2, -0.15) is 0 Å². The maximum absolute atomic E-state index is 9.27. The molecule has 2 heterocycles. The third-order valence-corrected chi connectivity index (χ3v) is 2.91. The lowest BCUT2D eigenvalue weighted by Gasteiger charge is -2.35. The summed E-state index contributed by atoms with van der Waals surface area (Å²) in [5.41, 5.74) is 0. The first kappa shape index (κ1) is 10.6. The second kappa shape index (κ2) is 4.77. The predicted octanol–water partition coefficient (Wildman–Crippen LogP) is 1.48. The van der Waals surface area contributed by atoms with Gasteiger partial charge in [0, 0.05) is 6.54 Å². The molecule has 0 amide bonds. The zero-order valence-electron chi connectivity index (χ0n) is 8.43. The number of anilines is 1. The zero-order chi connectivity index (χ0) is 10.7. The number of nitrogens with zero attached hydrogens (tertiary/aromatic N) is 3. The molecular weight excluding hydrogens is 214 g/mol. The number of hydrogen-bond acceptors (Lipinski definition) is 4. The van der Waals surface area contributed by atoms with E-state index in [1.165, 1.54) is 6.20 Å². The molecule has 1 fully saturated rings. The van der Waals surface area contributed by atoms with Crippen LogP contribution in [0.2, 0.25) is 5.15 Å². The lowest BCUT2D eigenvalue weighted by Crippen LogP contribution is -2.42. The van der Waals surface area contributed by atoms with E-state index in [0.717, 1.165) is 31.6 Å². The molecule has 0 aliphatic carbocycles. The molecule has 4 nitrogen and oxygen atoms in total. The van der Waals surface area contributed by atoms with Gasteiger partial charge in [-0.25, -0.2) is 4.98 Å². The van der Waals surface area contributed by atoms with Gasteiger partial charge in [0.15, 0.2) is 0 Å². The molecule has 82 valence electrons. The molecule has 1 aliphatic heterocycles. The van der Waals surface area contributed by atoms with Crippen molar-refractivity contribution in [2.24, 2.45) is 0 Å². The fourth-order valence-corrected chi connectivity index (χ4v) is 2.11. The second-order valence-corrected chi connectivity index (χ2v) is 4.11. The Balaban J connectivity index is 2.20. The Hall–Kier alpha value is -0.870. The van der Waals surface area contributed by atoms with Crippen LogP contribution in [0.15, 0.2) is 12.4 Å². The minimum Gasteiger partial charge on any atom is -0.394 e. The van der Waals surface area contributed by atoms with Crippen LogP contribution in [0.1, 0.15) is 19.3 Å². The summed E-state index contributed by atoms with van der Waals surface area (Å²) in [7, 11) is 0. The van der Waals surface area contributed by atoms with Crippen molar-refractivity contribution in [1.82, 2.24) is 9.97 Å². The van der Waals surface area contributed by atoms with Crippen molar-refractivity contribution >= 4 is 17.4 Å². The average Bonchev–Trinajstić information content (AvgIpc) is 2.29. The summed E-state index contributed by atoms with van der Waals surface area (Å²) >= 11 is 5.79. The highest BCUT2D eigenvalue weighted by atomic mass is 35.5. The standard InChI is InChI=1S/C10H14ClN3O/c11-9-5-12-6-10(13-9)14-4-2-1-3-8(14)7-15/h5-6,8,15H,1-4,7H2. The largest absolute Gasteiger partial charge is 0.394 e. The van der Waals surface area contributed by atoms with Gasteiger partial charge >= 0.3 is 0 Å². The molecule has 1 unspecified atom stereocenters. The molecular formula is C10H14ClN3O. The third kappa shape index (κ3) is 2.38. The minimum absolute atomic E-state index is 0.159. The first-order chi connectivity index (χ1) is 7.31. The van der Waals surface area contributed by atoms with Crippen molar-refractivity contribution in [1.29, 1.82) is 0 Å². The van der Waals surface area contributed by atoms with Crippen LogP contribution in [-0.2, 0) is 0 Å². The molecule has 1 N–H and O–H groups in total. The lowest BCUT2D eigenvalue weighted by atomic mass is 10.0. The van der Waals surface area contributed by atoms with Gasteiger partial charge in [-0.3, -0.25) is 4.98 Å². The molecule has 0 saturated carbocycles. The van der Waals surface area contributed by atoms with Crippen LogP contribution in [0.5, 0.6) is 0 Å². The topological polar surface area (TPSA) is 49.2 Å². The van der Waals surface area contributed by atoms with E-state index in [1.54, 1.807) is 6.20 Å². The number of aliphatic hydroxyl groups excluding tert-OH is 1. The molecule has 0 spiro atoms. The van der Waals surface area contributed by atoms with E-state index in [9.17, 15) is 5.11 Å². The molecule has 1 saturated heterocycles. The Labute approximate surface area is 93.9 Å². The van der Waals surface area contributed by atoms with Gasteiger partial charge in [-0.1, -0.05) is 11.6 Å². The van der Waals surface area contributed by atoms with E-state index in [1.807, 2.05) is 0 Å². The van der Waals surface area contributed by atoms with Crippen molar-refractivity contribution in [3.8, 4) is 0 Å². The van der Waals surface area contributed by atoms with E-state index >= 15 is 0 Å². The maximum atomic E-state index is 9.27. The van der Waals surface area contributed by atoms with Crippen molar-refractivity contribution in [2.45, 2.75) is 25.3 Å². The van der Waals surface area contributed by atoms with Gasteiger partial charge in [0.25, 0.3) is 0 Å². The zero-order valence-corrected chi connectivity index (χ0v) is 9.19. The van der Waals surface area contributed by atoms with Gasteiger partial charge in [-0.15, -0.1) is 0 Å². The van der Waals surface area contributed by atoms with Crippen LogP contribution in [0.25, 0.3) is 0 Å². The SMILES string of the molecule is OCC1CCCCN1c1cncc(Cl)n1. The maximum Gasteiger partial charge on any atom is 0.149 e. The van der Waals surface area contributed by atoms with Crippen LogP contribution < -0.4 is 4.90 Å². The van der Waals surface area contributed by atoms with Crippen LogP contribution in [0.4, 0.5) is 5.82 Å². The van der Waals surface area contributed by atoms with Crippen molar-refractivity contribution < 1.29 is 5.11 Å². The highest BCUT2D eigenvalue weighted by Gasteiger charge is 2.22. The number of rotatable bonds is 2. The molecule has 15 heavy (non-hydrogen) atoms. The van der Waals surface area contributed by atoms with Crippen LogP contribution in [-0.4, -0.2) is 34.3 Å². The number of piperidine rings is 1. The normalized spacial score (nSPS) is 21.7. The highest BCUT2D eigenvalue weighted by Crippen LogP contribution is 2.23. The van der Waals surface area contributed by atoms with Gasteiger partial charge in [0.1, 0.15) is 11.0 Å². The molecule has 1 aliphatic rings. The van der Waals surface area contributed by atoms with E-state index < -0.39 is 0 Å². The molecule has 1 aromatic rings. The molecule has 1 aromatic heterocycles.